The fraction of sp³-hybridized carbons (Fsp3) is 0.611. The molecule has 23 heavy (non-hydrogen) atoms. The topological polar surface area (TPSA) is 23.6 Å². The fourth-order valence-corrected chi connectivity index (χ4v) is 4.19. The van der Waals surface area contributed by atoms with Crippen molar-refractivity contribution in [1.29, 1.82) is 0 Å². The lowest BCUT2D eigenvalue weighted by atomic mass is 9.95. The summed E-state index contributed by atoms with van der Waals surface area (Å²) in [5.41, 5.74) is 0.492. The number of hydrogen-bond donors (Lipinski definition) is 0. The van der Waals surface area contributed by atoms with Crippen molar-refractivity contribution in [2.75, 3.05) is 26.2 Å². The number of hydrogen-bond acceptors (Lipinski definition) is 2. The molecule has 1 aromatic rings. The molecule has 0 aromatic heterocycles. The van der Waals surface area contributed by atoms with Crippen molar-refractivity contribution < 1.29 is 9.18 Å². The number of halogens is 2. The minimum Gasteiger partial charge on any atom is -0.337 e. The van der Waals surface area contributed by atoms with Gasteiger partial charge in [0.15, 0.2) is 0 Å². The van der Waals surface area contributed by atoms with Crippen LogP contribution in [0, 0.1) is 17.7 Å². The number of fused-ring (bicyclic) bond motifs is 4. The number of benzene rings is 1. The second-order valence-electron chi connectivity index (χ2n) is 7.33. The summed E-state index contributed by atoms with van der Waals surface area (Å²) in [6.45, 7) is 3.92. The van der Waals surface area contributed by atoms with E-state index in [9.17, 15) is 9.18 Å². The first-order valence-electron chi connectivity index (χ1n) is 8.58. The highest BCUT2D eigenvalue weighted by Crippen LogP contribution is 2.35. The average Bonchev–Trinajstić information content (AvgIpc) is 3.37. The maximum atomic E-state index is 13.3. The van der Waals surface area contributed by atoms with Gasteiger partial charge in [-0.3, -0.25) is 9.69 Å². The Labute approximate surface area is 141 Å². The zero-order valence-electron chi connectivity index (χ0n) is 13.2. The minimum absolute atomic E-state index is 0.0166. The Hall–Kier alpha value is -1.13. The first kappa shape index (κ1) is 15.4. The zero-order chi connectivity index (χ0) is 16.0. The monoisotopic (exact) mass is 336 g/mol. The van der Waals surface area contributed by atoms with E-state index in [0.29, 0.717) is 17.5 Å². The Kier molecular flexibility index (Phi) is 4.06. The van der Waals surface area contributed by atoms with Crippen LogP contribution in [0.1, 0.15) is 36.0 Å². The summed E-state index contributed by atoms with van der Waals surface area (Å²) in [6.07, 6.45) is 5.13. The summed E-state index contributed by atoms with van der Waals surface area (Å²) in [7, 11) is 0. The molecule has 2 atom stereocenters. The van der Waals surface area contributed by atoms with E-state index in [2.05, 4.69) is 4.90 Å². The SMILES string of the molecule is O=C(c1ccc(F)c(Cl)c1)N1C[C@H]2CC[C@@H](C1)N(CC1CC1)C2. The van der Waals surface area contributed by atoms with Crippen LogP contribution >= 0.6 is 11.6 Å². The third-order valence-corrected chi connectivity index (χ3v) is 5.76. The van der Waals surface area contributed by atoms with Gasteiger partial charge in [0.25, 0.3) is 5.91 Å². The van der Waals surface area contributed by atoms with Crippen LogP contribution in [0.2, 0.25) is 5.02 Å². The second-order valence-corrected chi connectivity index (χ2v) is 7.74. The van der Waals surface area contributed by atoms with Gasteiger partial charge in [0, 0.05) is 37.8 Å². The number of carbonyl (C=O) groups excluding carboxylic acids is 1. The molecule has 0 unspecified atom stereocenters. The number of piperidine rings is 1. The summed E-state index contributed by atoms with van der Waals surface area (Å²) in [5, 5.41) is 0.0176. The minimum atomic E-state index is -0.477. The summed E-state index contributed by atoms with van der Waals surface area (Å²) in [5.74, 6) is 0.952. The van der Waals surface area contributed by atoms with E-state index >= 15 is 0 Å². The Morgan fingerprint density at radius 1 is 1.17 bits per heavy atom. The molecule has 0 radical (unpaired) electrons. The number of nitrogens with zero attached hydrogens (tertiary/aromatic N) is 2. The lowest BCUT2D eigenvalue weighted by Gasteiger charge is -2.36. The highest BCUT2D eigenvalue weighted by Gasteiger charge is 2.38. The van der Waals surface area contributed by atoms with Crippen molar-refractivity contribution in [2.45, 2.75) is 31.7 Å². The maximum absolute atomic E-state index is 13.3. The van der Waals surface area contributed by atoms with E-state index in [1.54, 1.807) is 0 Å². The van der Waals surface area contributed by atoms with Gasteiger partial charge in [-0.15, -0.1) is 0 Å². The molecule has 3 nitrogen and oxygen atoms in total. The summed E-state index contributed by atoms with van der Waals surface area (Å²) in [4.78, 5) is 17.4. The Bertz CT molecular complexity index is 619. The number of amides is 1. The van der Waals surface area contributed by atoms with Crippen LogP contribution in [-0.4, -0.2) is 47.9 Å². The van der Waals surface area contributed by atoms with E-state index in [-0.39, 0.29) is 10.9 Å². The Balaban J connectivity index is 1.50. The van der Waals surface area contributed by atoms with Crippen molar-refractivity contribution in [1.82, 2.24) is 9.80 Å². The van der Waals surface area contributed by atoms with Crippen LogP contribution in [0.5, 0.6) is 0 Å². The molecule has 3 aliphatic heterocycles. The van der Waals surface area contributed by atoms with E-state index < -0.39 is 5.82 Å². The van der Waals surface area contributed by atoms with Gasteiger partial charge >= 0.3 is 0 Å². The summed E-state index contributed by atoms with van der Waals surface area (Å²) < 4.78 is 13.3. The quantitative estimate of drug-likeness (QED) is 0.844. The molecule has 124 valence electrons. The summed E-state index contributed by atoms with van der Waals surface area (Å²) in [6, 6.07) is 4.75. The zero-order valence-corrected chi connectivity index (χ0v) is 13.9. The first-order valence-corrected chi connectivity index (χ1v) is 8.96. The molecular formula is C18H22ClFN2O. The lowest BCUT2D eigenvalue weighted by Crippen LogP contribution is -2.45. The highest BCUT2D eigenvalue weighted by molar-refractivity contribution is 6.31. The molecule has 4 aliphatic rings. The van der Waals surface area contributed by atoms with Gasteiger partial charge in [0.1, 0.15) is 5.82 Å². The van der Waals surface area contributed by atoms with Crippen LogP contribution in [0.4, 0.5) is 4.39 Å². The molecule has 1 amide bonds. The van der Waals surface area contributed by atoms with Gasteiger partial charge < -0.3 is 4.90 Å². The van der Waals surface area contributed by atoms with Crippen molar-refractivity contribution in [3.05, 3.63) is 34.6 Å². The third kappa shape index (κ3) is 3.24. The predicted octanol–water partition coefficient (Wildman–Crippen LogP) is 3.43. The van der Waals surface area contributed by atoms with Crippen LogP contribution in [0.25, 0.3) is 0 Å². The fourth-order valence-electron chi connectivity index (χ4n) is 4.01. The van der Waals surface area contributed by atoms with Gasteiger partial charge in [-0.1, -0.05) is 11.6 Å². The standard InChI is InChI=1S/C18H22ClFN2O/c19-16-7-14(4-6-17(16)20)18(23)22-10-13-3-5-15(11-22)21(9-13)8-12-1-2-12/h4,6-7,12-13,15H,1-3,5,8-11H2/t13-,15-/m0/s1. The van der Waals surface area contributed by atoms with E-state index in [0.717, 1.165) is 25.6 Å². The van der Waals surface area contributed by atoms with Crippen molar-refractivity contribution in [3.8, 4) is 0 Å². The van der Waals surface area contributed by atoms with Crippen LogP contribution in [0.15, 0.2) is 18.2 Å². The molecule has 2 bridgehead atoms. The van der Waals surface area contributed by atoms with E-state index in [1.165, 1.54) is 50.4 Å². The number of carbonyl (C=O) groups is 1. The van der Waals surface area contributed by atoms with Gasteiger partial charge in [-0.25, -0.2) is 4.39 Å². The lowest BCUT2D eigenvalue weighted by molar-refractivity contribution is 0.0736. The van der Waals surface area contributed by atoms with Gasteiger partial charge in [-0.2, -0.15) is 0 Å². The Morgan fingerprint density at radius 3 is 2.74 bits per heavy atom. The predicted molar refractivity (Wildman–Crippen MR) is 88.1 cm³/mol. The molecule has 1 saturated carbocycles. The normalized spacial score (nSPS) is 28.0. The van der Waals surface area contributed by atoms with E-state index in [4.69, 9.17) is 11.6 Å². The smallest absolute Gasteiger partial charge is 0.253 e. The van der Waals surface area contributed by atoms with Crippen LogP contribution in [-0.2, 0) is 0 Å². The first-order chi connectivity index (χ1) is 11.1. The molecule has 4 fully saturated rings. The van der Waals surface area contributed by atoms with Gasteiger partial charge in [0.2, 0.25) is 0 Å². The van der Waals surface area contributed by atoms with E-state index in [1.807, 2.05) is 4.90 Å². The molecule has 5 rings (SSSR count). The molecule has 0 spiro atoms. The highest BCUT2D eigenvalue weighted by atomic mass is 35.5. The third-order valence-electron chi connectivity index (χ3n) is 5.47. The number of rotatable bonds is 3. The molecule has 3 saturated heterocycles. The van der Waals surface area contributed by atoms with Crippen LogP contribution in [0.3, 0.4) is 0 Å². The van der Waals surface area contributed by atoms with Crippen LogP contribution < -0.4 is 0 Å². The largest absolute Gasteiger partial charge is 0.337 e. The van der Waals surface area contributed by atoms with Crippen molar-refractivity contribution >= 4 is 17.5 Å². The average molecular weight is 337 g/mol. The molecular weight excluding hydrogens is 315 g/mol. The van der Waals surface area contributed by atoms with Gasteiger partial charge in [-0.05, 0) is 55.7 Å². The molecule has 5 heteroatoms. The second kappa shape index (κ2) is 6.06. The molecule has 3 heterocycles. The maximum Gasteiger partial charge on any atom is 0.253 e. The summed E-state index contributed by atoms with van der Waals surface area (Å²) >= 11 is 5.83. The van der Waals surface area contributed by atoms with Gasteiger partial charge in [0.05, 0.1) is 5.02 Å². The van der Waals surface area contributed by atoms with Crippen molar-refractivity contribution in [3.63, 3.8) is 0 Å². The molecule has 1 aromatic carbocycles. The Morgan fingerprint density at radius 2 is 2.00 bits per heavy atom. The molecule has 0 N–H and O–H groups in total. The molecule has 1 aliphatic carbocycles. The van der Waals surface area contributed by atoms with Crippen molar-refractivity contribution in [2.24, 2.45) is 11.8 Å².